The first-order chi connectivity index (χ1) is 17.1. The van der Waals surface area contributed by atoms with Gasteiger partial charge in [-0.1, -0.05) is 37.6 Å². The Morgan fingerprint density at radius 1 is 1.00 bits per heavy atom. The average molecular weight is 499 g/mol. The van der Waals surface area contributed by atoms with Crippen LogP contribution in [0.3, 0.4) is 0 Å². The average Bonchev–Trinajstić information content (AvgIpc) is 3.11. The molecular formula is C28H33F3N4O. The van der Waals surface area contributed by atoms with Crippen molar-refractivity contribution in [1.29, 1.82) is 0 Å². The molecule has 0 N–H and O–H groups in total. The van der Waals surface area contributed by atoms with Gasteiger partial charge in [0.15, 0.2) is 5.82 Å². The van der Waals surface area contributed by atoms with Crippen LogP contribution in [-0.4, -0.2) is 46.4 Å². The Bertz CT molecular complexity index is 1220. The number of ether oxygens (including phenoxy) is 1. The van der Waals surface area contributed by atoms with E-state index in [9.17, 15) is 13.2 Å². The molecule has 1 saturated heterocycles. The summed E-state index contributed by atoms with van der Waals surface area (Å²) in [5.74, 6) is 2.61. The van der Waals surface area contributed by atoms with Crippen LogP contribution in [0.5, 0.6) is 5.75 Å². The number of fused-ring (bicyclic) bond motifs is 1. The van der Waals surface area contributed by atoms with Crippen molar-refractivity contribution in [1.82, 2.24) is 19.7 Å². The van der Waals surface area contributed by atoms with Crippen molar-refractivity contribution in [2.24, 2.45) is 12.5 Å². The fourth-order valence-electron chi connectivity index (χ4n) is 6.07. The van der Waals surface area contributed by atoms with E-state index in [1.54, 1.807) is 19.2 Å². The predicted octanol–water partition coefficient (Wildman–Crippen LogP) is 5.89. The number of unbranched alkanes of at least 4 members (excludes halogenated alkanes) is 2. The smallest absolute Gasteiger partial charge is 0.416 e. The molecule has 3 aromatic rings. The van der Waals surface area contributed by atoms with E-state index in [0.717, 1.165) is 80.3 Å². The van der Waals surface area contributed by atoms with Crippen LogP contribution in [0.4, 0.5) is 13.2 Å². The molecule has 1 aromatic heterocycles. The number of hydrogen-bond acceptors (Lipinski definition) is 4. The van der Waals surface area contributed by atoms with Crippen molar-refractivity contribution in [3.05, 3.63) is 65.5 Å². The van der Waals surface area contributed by atoms with E-state index in [-0.39, 0.29) is 10.8 Å². The van der Waals surface area contributed by atoms with Crippen LogP contribution in [0.15, 0.2) is 48.5 Å². The third-order valence-electron chi connectivity index (χ3n) is 8.22. The van der Waals surface area contributed by atoms with Gasteiger partial charge in [0.2, 0.25) is 0 Å². The van der Waals surface area contributed by atoms with E-state index in [1.807, 2.05) is 31.3 Å². The summed E-state index contributed by atoms with van der Waals surface area (Å²) >= 11 is 0. The molecule has 1 aliphatic heterocycles. The molecule has 0 bridgehead atoms. The van der Waals surface area contributed by atoms with Crippen LogP contribution in [0.25, 0.3) is 11.4 Å². The SMILES string of the molecule is COc1cccc(-c2nnc(CCCCCN3C[C@]4(C)C[C@]4(c4ccc(C(F)(F)F)cc4)C3)n2C)c1. The summed E-state index contributed by atoms with van der Waals surface area (Å²) in [6.45, 7) is 5.24. The van der Waals surface area contributed by atoms with Gasteiger partial charge in [0, 0.05) is 37.5 Å². The van der Waals surface area contributed by atoms with E-state index in [0.29, 0.717) is 0 Å². The number of nitrogens with zero attached hydrogens (tertiary/aromatic N) is 4. The highest BCUT2D eigenvalue weighted by atomic mass is 19.4. The number of halogens is 3. The minimum atomic E-state index is -4.29. The Balaban J connectivity index is 1.10. The fourth-order valence-corrected chi connectivity index (χ4v) is 6.07. The number of hydrogen-bond donors (Lipinski definition) is 0. The highest BCUT2D eigenvalue weighted by Crippen LogP contribution is 2.68. The zero-order valence-corrected chi connectivity index (χ0v) is 21.1. The molecule has 192 valence electrons. The Hall–Kier alpha value is -2.87. The van der Waals surface area contributed by atoms with Crippen LogP contribution in [-0.2, 0) is 25.1 Å². The van der Waals surface area contributed by atoms with Crippen LogP contribution in [0, 0.1) is 5.41 Å². The van der Waals surface area contributed by atoms with E-state index in [2.05, 4.69) is 26.6 Å². The zero-order chi connectivity index (χ0) is 25.6. The zero-order valence-electron chi connectivity index (χ0n) is 21.1. The van der Waals surface area contributed by atoms with Gasteiger partial charge in [0.25, 0.3) is 0 Å². The van der Waals surface area contributed by atoms with E-state index in [1.165, 1.54) is 12.1 Å². The summed E-state index contributed by atoms with van der Waals surface area (Å²) in [6, 6.07) is 13.7. The monoisotopic (exact) mass is 498 g/mol. The van der Waals surface area contributed by atoms with Gasteiger partial charge < -0.3 is 14.2 Å². The standard InChI is InChI=1S/C28H33F3N4O/c1-26-17-27(26,21-11-13-22(14-12-21)28(29,30)31)19-35(18-26)15-6-4-5-10-24-32-33-25(34(24)2)20-8-7-9-23(16-20)36-3/h7-9,11-14,16H,4-6,10,15,17-19H2,1-3H3/t26-,27+/m0/s1. The lowest BCUT2D eigenvalue weighted by atomic mass is 9.89. The topological polar surface area (TPSA) is 43.2 Å². The highest BCUT2D eigenvalue weighted by molar-refractivity contribution is 5.57. The molecule has 1 saturated carbocycles. The second-order valence-corrected chi connectivity index (χ2v) is 10.6. The van der Waals surface area contributed by atoms with Gasteiger partial charge in [-0.2, -0.15) is 13.2 Å². The summed E-state index contributed by atoms with van der Waals surface area (Å²) in [5, 5.41) is 8.79. The third-order valence-corrected chi connectivity index (χ3v) is 8.22. The Labute approximate surface area is 210 Å². The number of methoxy groups -OCH3 is 1. The van der Waals surface area contributed by atoms with Crippen LogP contribution in [0.2, 0.25) is 0 Å². The molecule has 2 fully saturated rings. The quantitative estimate of drug-likeness (QED) is 0.345. The van der Waals surface area contributed by atoms with Crippen LogP contribution in [0.1, 0.15) is 49.6 Å². The minimum absolute atomic E-state index is 0.00623. The van der Waals surface area contributed by atoms with Gasteiger partial charge in [0.05, 0.1) is 12.7 Å². The second-order valence-electron chi connectivity index (χ2n) is 10.6. The molecule has 2 heterocycles. The largest absolute Gasteiger partial charge is 0.497 e. The maximum absolute atomic E-state index is 13.0. The first-order valence-corrected chi connectivity index (χ1v) is 12.6. The molecule has 0 radical (unpaired) electrons. The summed E-state index contributed by atoms with van der Waals surface area (Å²) in [7, 11) is 3.66. The number of rotatable bonds is 9. The molecule has 5 rings (SSSR count). The Morgan fingerprint density at radius 2 is 1.78 bits per heavy atom. The molecule has 0 unspecified atom stereocenters. The predicted molar refractivity (Wildman–Crippen MR) is 133 cm³/mol. The van der Waals surface area contributed by atoms with Crippen molar-refractivity contribution in [3.63, 3.8) is 0 Å². The summed E-state index contributed by atoms with van der Waals surface area (Å²) in [5.41, 5.74) is 1.64. The molecule has 36 heavy (non-hydrogen) atoms. The highest BCUT2D eigenvalue weighted by Gasteiger charge is 2.69. The molecule has 8 heteroatoms. The number of piperidine rings is 1. The molecule has 2 aromatic carbocycles. The first-order valence-electron chi connectivity index (χ1n) is 12.6. The molecule has 2 aliphatic rings. The molecule has 1 aliphatic carbocycles. The minimum Gasteiger partial charge on any atom is -0.497 e. The van der Waals surface area contributed by atoms with Crippen LogP contribution < -0.4 is 4.74 Å². The Kier molecular flexibility index (Phi) is 6.35. The number of aryl methyl sites for hydroxylation is 1. The van der Waals surface area contributed by atoms with Crippen molar-refractivity contribution in [3.8, 4) is 17.1 Å². The van der Waals surface area contributed by atoms with E-state index < -0.39 is 11.7 Å². The fraction of sp³-hybridized carbons (Fsp3) is 0.500. The lowest BCUT2D eigenvalue weighted by Gasteiger charge is -2.21. The number of alkyl halides is 3. The molecule has 0 amide bonds. The van der Waals surface area contributed by atoms with Gasteiger partial charge in [0.1, 0.15) is 11.6 Å². The number of aromatic nitrogens is 3. The van der Waals surface area contributed by atoms with Gasteiger partial charge >= 0.3 is 6.18 Å². The normalized spacial score (nSPS) is 23.6. The van der Waals surface area contributed by atoms with Crippen molar-refractivity contribution < 1.29 is 17.9 Å². The summed E-state index contributed by atoms with van der Waals surface area (Å²) in [4.78, 5) is 2.49. The van der Waals surface area contributed by atoms with Crippen molar-refractivity contribution in [2.45, 2.75) is 50.6 Å². The second kappa shape index (κ2) is 9.21. The van der Waals surface area contributed by atoms with Gasteiger partial charge in [-0.25, -0.2) is 0 Å². The van der Waals surface area contributed by atoms with Gasteiger partial charge in [-0.3, -0.25) is 0 Å². The summed E-state index contributed by atoms with van der Waals surface area (Å²) < 4.78 is 46.2. The van der Waals surface area contributed by atoms with E-state index in [4.69, 9.17) is 4.74 Å². The van der Waals surface area contributed by atoms with Gasteiger partial charge in [-0.05, 0) is 61.1 Å². The molecular weight excluding hydrogens is 465 g/mol. The molecule has 0 spiro atoms. The third kappa shape index (κ3) is 4.51. The lowest BCUT2D eigenvalue weighted by Crippen LogP contribution is -2.27. The van der Waals surface area contributed by atoms with E-state index >= 15 is 0 Å². The maximum atomic E-state index is 13.0. The Morgan fingerprint density at radius 3 is 2.50 bits per heavy atom. The van der Waals surface area contributed by atoms with Gasteiger partial charge in [-0.15, -0.1) is 10.2 Å². The van der Waals surface area contributed by atoms with Crippen molar-refractivity contribution >= 4 is 0 Å². The number of likely N-dealkylation sites (tertiary alicyclic amines) is 1. The van der Waals surface area contributed by atoms with Crippen LogP contribution >= 0.6 is 0 Å². The molecule has 2 atom stereocenters. The molecule has 5 nitrogen and oxygen atoms in total. The number of benzene rings is 2. The lowest BCUT2D eigenvalue weighted by molar-refractivity contribution is -0.137. The summed E-state index contributed by atoms with van der Waals surface area (Å²) in [6.07, 6.45) is 0.886. The first kappa shape index (κ1) is 24.8. The van der Waals surface area contributed by atoms with Crippen molar-refractivity contribution in [2.75, 3.05) is 26.7 Å². The maximum Gasteiger partial charge on any atom is 0.416 e.